The molecule has 3 aromatic rings. The van der Waals surface area contributed by atoms with Crippen LogP contribution in [-0.2, 0) is 31.7 Å². The van der Waals surface area contributed by atoms with Gasteiger partial charge in [0.2, 0.25) is 5.78 Å². The van der Waals surface area contributed by atoms with Crippen molar-refractivity contribution in [1.29, 1.82) is 0 Å². The van der Waals surface area contributed by atoms with Gasteiger partial charge in [-0.1, -0.05) is 41.4 Å². The third kappa shape index (κ3) is 4.81. The molecule has 40 heavy (non-hydrogen) atoms. The molecule has 1 aliphatic carbocycles. The Morgan fingerprint density at radius 3 is 2.27 bits per heavy atom. The van der Waals surface area contributed by atoms with Gasteiger partial charge in [0.15, 0.2) is 9.84 Å². The number of benzene rings is 2. The maximum Gasteiger partial charge on any atom is 0.295 e. The second kappa shape index (κ2) is 10.2. The number of aliphatic hydroxyl groups excluding tert-OH is 1. The number of sulfone groups is 1. The number of halogens is 3. The fourth-order valence-electron chi connectivity index (χ4n) is 4.92. The highest BCUT2D eigenvalue weighted by Gasteiger charge is 2.61. The number of carbonyl (C=O) groups is 2. The molecular weight excluding hydrogens is 582 g/mol. The molecular formula is C28H25Cl2FN2O6S. The van der Waals surface area contributed by atoms with Crippen LogP contribution in [0.5, 0.6) is 0 Å². The van der Waals surface area contributed by atoms with Crippen molar-refractivity contribution in [3.63, 3.8) is 0 Å². The average Bonchev–Trinajstić information content (AvgIpc) is 3.67. The summed E-state index contributed by atoms with van der Waals surface area (Å²) in [5.74, 6) is -5.55. The molecule has 12 heteroatoms. The minimum absolute atomic E-state index is 0.00847. The molecule has 2 aliphatic rings. The molecule has 2 atom stereocenters. The summed E-state index contributed by atoms with van der Waals surface area (Å²) < 4.78 is 40.8. The fraction of sp³-hybridized carbons (Fsp3) is 0.321. The number of rotatable bonds is 9. The summed E-state index contributed by atoms with van der Waals surface area (Å²) in [5.41, 5.74) is 1.41. The fourth-order valence-corrected chi connectivity index (χ4v) is 6.27. The molecule has 1 aromatic heterocycles. The summed E-state index contributed by atoms with van der Waals surface area (Å²) in [6.45, 7) is 0.565. The van der Waals surface area contributed by atoms with E-state index in [1.165, 1.54) is 12.3 Å². The summed E-state index contributed by atoms with van der Waals surface area (Å²) in [4.78, 5) is 36.9. The van der Waals surface area contributed by atoms with Gasteiger partial charge in [-0.25, -0.2) is 12.8 Å². The van der Waals surface area contributed by atoms with Crippen LogP contribution in [0.25, 0.3) is 11.1 Å². The van der Waals surface area contributed by atoms with E-state index in [2.05, 4.69) is 4.98 Å². The molecule has 0 radical (unpaired) electrons. The molecule has 210 valence electrons. The number of amides is 1. The lowest BCUT2D eigenvalue weighted by Crippen LogP contribution is -2.51. The molecule has 5 rings (SSSR count). The SMILES string of the molecule is CC(O)C(=O)[C@]1(F)c2c(ccc(-c3ccc(Cl)cc3)c2Cc2ccc(Cl)cn2)C(=O)N1OCC1(S(C)(=O)=O)CC1. The summed E-state index contributed by atoms with van der Waals surface area (Å²) in [5, 5.41) is 11.4. The molecule has 1 saturated carbocycles. The number of fused-ring (bicyclic) bond motifs is 1. The minimum atomic E-state index is -3.59. The van der Waals surface area contributed by atoms with Crippen molar-refractivity contribution in [3.05, 3.63) is 87.2 Å². The Kier molecular flexibility index (Phi) is 7.29. The number of aromatic nitrogens is 1. The summed E-state index contributed by atoms with van der Waals surface area (Å²) in [7, 11) is -3.59. The van der Waals surface area contributed by atoms with Gasteiger partial charge >= 0.3 is 0 Å². The zero-order valence-electron chi connectivity index (χ0n) is 21.5. The second-order valence-electron chi connectivity index (χ2n) is 10.2. The van der Waals surface area contributed by atoms with Gasteiger partial charge in [-0.05, 0) is 66.8 Å². The third-order valence-corrected chi connectivity index (χ3v) is 9.97. The Hall–Kier alpha value is -2.89. The lowest BCUT2D eigenvalue weighted by Gasteiger charge is -2.32. The Morgan fingerprint density at radius 1 is 1.10 bits per heavy atom. The third-order valence-electron chi connectivity index (χ3n) is 7.40. The normalized spacial score (nSPS) is 20.4. The molecule has 2 heterocycles. The number of pyridine rings is 1. The molecule has 0 spiro atoms. The highest BCUT2D eigenvalue weighted by atomic mass is 35.5. The predicted molar refractivity (Wildman–Crippen MR) is 147 cm³/mol. The summed E-state index contributed by atoms with van der Waals surface area (Å²) in [6, 6.07) is 13.0. The second-order valence-corrected chi connectivity index (χ2v) is 13.4. The van der Waals surface area contributed by atoms with Crippen molar-refractivity contribution in [2.24, 2.45) is 0 Å². The first kappa shape index (κ1) is 28.6. The molecule has 0 bridgehead atoms. The minimum Gasteiger partial charge on any atom is -0.385 e. The molecule has 1 N–H and O–H groups in total. The van der Waals surface area contributed by atoms with Crippen LogP contribution in [0.3, 0.4) is 0 Å². The van der Waals surface area contributed by atoms with Crippen molar-refractivity contribution in [2.75, 3.05) is 12.9 Å². The van der Waals surface area contributed by atoms with Crippen molar-refractivity contribution in [3.8, 4) is 11.1 Å². The van der Waals surface area contributed by atoms with Crippen LogP contribution in [0.15, 0.2) is 54.7 Å². The predicted octanol–water partition coefficient (Wildman–Crippen LogP) is 4.68. The van der Waals surface area contributed by atoms with Crippen LogP contribution < -0.4 is 0 Å². The van der Waals surface area contributed by atoms with E-state index in [4.69, 9.17) is 28.0 Å². The van der Waals surface area contributed by atoms with E-state index in [1.807, 2.05) is 0 Å². The highest BCUT2D eigenvalue weighted by molar-refractivity contribution is 7.92. The monoisotopic (exact) mass is 606 g/mol. The van der Waals surface area contributed by atoms with E-state index in [9.17, 15) is 23.1 Å². The average molecular weight is 607 g/mol. The Balaban J connectivity index is 1.70. The Bertz CT molecular complexity index is 1610. The number of ketones is 1. The van der Waals surface area contributed by atoms with Crippen molar-refractivity contribution >= 4 is 44.7 Å². The van der Waals surface area contributed by atoms with Crippen LogP contribution in [0, 0.1) is 0 Å². The number of Topliss-reactive ketones (excluding diaryl/α,β-unsaturated/α-hetero) is 1. The number of nitrogens with zero attached hydrogens (tertiary/aromatic N) is 2. The van der Waals surface area contributed by atoms with Crippen LogP contribution in [0.1, 0.15) is 46.9 Å². The van der Waals surface area contributed by atoms with Crippen LogP contribution in [0.2, 0.25) is 10.0 Å². The smallest absolute Gasteiger partial charge is 0.295 e. The molecule has 8 nitrogen and oxygen atoms in total. The zero-order chi connectivity index (χ0) is 29.0. The van der Waals surface area contributed by atoms with Gasteiger partial charge in [0.05, 0.1) is 21.9 Å². The number of carbonyl (C=O) groups excluding carboxylic acids is 2. The van der Waals surface area contributed by atoms with Gasteiger partial charge < -0.3 is 5.11 Å². The first-order chi connectivity index (χ1) is 18.8. The first-order valence-electron chi connectivity index (χ1n) is 12.4. The number of alkyl halides is 1. The van der Waals surface area contributed by atoms with Crippen molar-refractivity contribution < 1.29 is 32.3 Å². The molecule has 1 aliphatic heterocycles. The van der Waals surface area contributed by atoms with E-state index >= 15 is 4.39 Å². The van der Waals surface area contributed by atoms with Crippen molar-refractivity contribution in [1.82, 2.24) is 10.0 Å². The van der Waals surface area contributed by atoms with Gasteiger partial charge in [0.1, 0.15) is 6.10 Å². The van der Waals surface area contributed by atoms with E-state index in [0.717, 1.165) is 13.2 Å². The molecule has 1 unspecified atom stereocenters. The van der Waals surface area contributed by atoms with Crippen LogP contribution in [0.4, 0.5) is 4.39 Å². The number of hydroxylamine groups is 2. The lowest BCUT2D eigenvalue weighted by molar-refractivity contribution is -0.227. The molecule has 2 aromatic carbocycles. The number of hydrogen-bond acceptors (Lipinski definition) is 7. The zero-order valence-corrected chi connectivity index (χ0v) is 23.9. The van der Waals surface area contributed by atoms with Gasteiger partial charge in [-0.3, -0.25) is 19.4 Å². The molecule has 0 saturated heterocycles. The largest absolute Gasteiger partial charge is 0.385 e. The maximum absolute atomic E-state index is 17.4. The van der Waals surface area contributed by atoms with E-state index in [0.29, 0.717) is 26.9 Å². The number of aliphatic hydroxyl groups is 1. The van der Waals surface area contributed by atoms with Crippen LogP contribution >= 0.6 is 23.2 Å². The number of hydrogen-bond donors (Lipinski definition) is 1. The maximum atomic E-state index is 17.4. The standard InChI is InChI=1S/C28H25Cl2FN2O6S/c1-16(34)25(35)28(31)24-22(26(36)33(28)39-15-27(11-12-27)40(2,37)38)10-9-21(17-3-5-18(29)6-4-17)23(24)13-20-8-7-19(30)14-32-20/h3-10,14,16,34H,11-13,15H2,1-2H3/t16?,28-/m0/s1. The quantitative estimate of drug-likeness (QED) is 0.352. The van der Waals surface area contributed by atoms with Gasteiger partial charge in [-0.2, -0.15) is 5.06 Å². The van der Waals surface area contributed by atoms with E-state index in [1.54, 1.807) is 42.5 Å². The van der Waals surface area contributed by atoms with Gasteiger partial charge in [0.25, 0.3) is 11.7 Å². The lowest BCUT2D eigenvalue weighted by atomic mass is 9.85. The first-order valence-corrected chi connectivity index (χ1v) is 15.0. The van der Waals surface area contributed by atoms with Gasteiger partial charge in [-0.15, -0.1) is 0 Å². The molecule has 1 amide bonds. The van der Waals surface area contributed by atoms with Gasteiger partial charge in [0, 0.05) is 35.2 Å². The molecule has 1 fully saturated rings. The van der Waals surface area contributed by atoms with Crippen molar-refractivity contribution in [2.45, 2.75) is 42.8 Å². The van der Waals surface area contributed by atoms with E-state index in [-0.39, 0.29) is 41.0 Å². The highest BCUT2D eigenvalue weighted by Crippen LogP contribution is 2.49. The Labute approximate surface area is 240 Å². The topological polar surface area (TPSA) is 114 Å². The Morgan fingerprint density at radius 2 is 1.73 bits per heavy atom. The summed E-state index contributed by atoms with van der Waals surface area (Å²) in [6.07, 6.45) is 1.19. The van der Waals surface area contributed by atoms with E-state index < -0.39 is 44.8 Å². The summed E-state index contributed by atoms with van der Waals surface area (Å²) >= 11 is 12.1. The van der Waals surface area contributed by atoms with Crippen LogP contribution in [-0.4, -0.2) is 59.0 Å².